The van der Waals surface area contributed by atoms with Gasteiger partial charge >= 0.3 is 0 Å². The van der Waals surface area contributed by atoms with Gasteiger partial charge in [-0.1, -0.05) is 38.7 Å². The van der Waals surface area contributed by atoms with Gasteiger partial charge in [0.2, 0.25) is 5.91 Å². The molecule has 0 heterocycles. The third-order valence-electron chi connectivity index (χ3n) is 3.71. The summed E-state index contributed by atoms with van der Waals surface area (Å²) in [6.45, 7) is 2.25. The molecule has 1 aromatic carbocycles. The van der Waals surface area contributed by atoms with Crippen LogP contribution in [-0.2, 0) is 16.1 Å². The van der Waals surface area contributed by atoms with Crippen LogP contribution in [0, 0.1) is 0 Å². The topological polar surface area (TPSA) is 96.9 Å². The first-order valence-electron chi connectivity index (χ1n) is 8.60. The van der Waals surface area contributed by atoms with E-state index in [1.165, 1.54) is 31.9 Å². The fourth-order valence-electron chi connectivity index (χ4n) is 2.29. The molecule has 0 radical (unpaired) electrons. The van der Waals surface area contributed by atoms with Crippen molar-refractivity contribution < 1.29 is 24.3 Å². The highest BCUT2D eigenvalue weighted by Crippen LogP contribution is 2.28. The maximum Gasteiger partial charge on any atom is 0.281 e. The molecule has 0 atom stereocenters. The normalized spacial score (nSPS) is 10.2. The minimum absolute atomic E-state index is 0.0374. The number of carbonyl (C=O) groups is 2. The molecule has 0 saturated carbocycles. The lowest BCUT2D eigenvalue weighted by Crippen LogP contribution is -2.25. The number of amides is 2. The fraction of sp³-hybridized carbons (Fsp3) is 0.556. The standard InChI is InChI=1S/C18H28N2O5/c1-3-4-5-6-7-8-17(21)19-12-14-9-10-15(16(11-14)24-2)25-13-18(22)20-23/h9-11,23H,3-8,12-13H2,1-2H3,(H,19,21)(H,20,22). The second kappa shape index (κ2) is 12.1. The first kappa shape index (κ1) is 20.8. The van der Waals surface area contributed by atoms with Crippen LogP contribution in [0.2, 0.25) is 0 Å². The molecular weight excluding hydrogens is 324 g/mol. The van der Waals surface area contributed by atoms with Crippen molar-refractivity contribution in [3.63, 3.8) is 0 Å². The number of rotatable bonds is 12. The second-order valence-corrected chi connectivity index (χ2v) is 5.75. The van der Waals surface area contributed by atoms with Crippen molar-refractivity contribution >= 4 is 11.8 Å². The van der Waals surface area contributed by atoms with Gasteiger partial charge in [-0.25, -0.2) is 5.48 Å². The smallest absolute Gasteiger partial charge is 0.281 e. The van der Waals surface area contributed by atoms with Crippen LogP contribution in [0.15, 0.2) is 18.2 Å². The summed E-state index contributed by atoms with van der Waals surface area (Å²) in [7, 11) is 1.49. The van der Waals surface area contributed by atoms with Gasteiger partial charge in [0.25, 0.3) is 5.91 Å². The zero-order valence-electron chi connectivity index (χ0n) is 15.0. The van der Waals surface area contributed by atoms with E-state index in [9.17, 15) is 9.59 Å². The third-order valence-corrected chi connectivity index (χ3v) is 3.71. The Morgan fingerprint density at radius 2 is 1.84 bits per heavy atom. The van der Waals surface area contributed by atoms with Crippen LogP contribution in [-0.4, -0.2) is 30.7 Å². The Balaban J connectivity index is 2.43. The van der Waals surface area contributed by atoms with E-state index in [1.807, 2.05) is 0 Å². The van der Waals surface area contributed by atoms with E-state index in [0.29, 0.717) is 24.5 Å². The molecule has 140 valence electrons. The molecule has 0 unspecified atom stereocenters. The van der Waals surface area contributed by atoms with Crippen molar-refractivity contribution in [2.75, 3.05) is 13.7 Å². The average molecular weight is 352 g/mol. The summed E-state index contributed by atoms with van der Waals surface area (Å²) in [5.41, 5.74) is 2.36. The maximum absolute atomic E-state index is 11.8. The van der Waals surface area contributed by atoms with Crippen LogP contribution in [0.1, 0.15) is 51.0 Å². The molecule has 7 heteroatoms. The summed E-state index contributed by atoms with van der Waals surface area (Å²) in [6, 6.07) is 5.19. The van der Waals surface area contributed by atoms with E-state index in [1.54, 1.807) is 18.2 Å². The van der Waals surface area contributed by atoms with Gasteiger partial charge in [-0.15, -0.1) is 0 Å². The van der Waals surface area contributed by atoms with Gasteiger partial charge in [-0.05, 0) is 24.1 Å². The van der Waals surface area contributed by atoms with E-state index < -0.39 is 5.91 Å². The highest BCUT2D eigenvalue weighted by Gasteiger charge is 2.09. The molecule has 0 spiro atoms. The summed E-state index contributed by atoms with van der Waals surface area (Å²) >= 11 is 0. The predicted molar refractivity (Wildman–Crippen MR) is 93.6 cm³/mol. The van der Waals surface area contributed by atoms with Crippen LogP contribution < -0.4 is 20.3 Å². The molecule has 2 amide bonds. The van der Waals surface area contributed by atoms with Gasteiger partial charge < -0.3 is 14.8 Å². The highest BCUT2D eigenvalue weighted by atomic mass is 16.5. The number of hydroxylamine groups is 1. The van der Waals surface area contributed by atoms with Gasteiger partial charge in [-0.3, -0.25) is 14.8 Å². The quantitative estimate of drug-likeness (QED) is 0.305. The van der Waals surface area contributed by atoms with Crippen LogP contribution in [0.4, 0.5) is 0 Å². The number of benzene rings is 1. The summed E-state index contributed by atoms with van der Waals surface area (Å²) in [5, 5.41) is 11.3. The Hall–Kier alpha value is -2.28. The largest absolute Gasteiger partial charge is 0.493 e. The zero-order valence-corrected chi connectivity index (χ0v) is 15.0. The number of nitrogens with one attached hydrogen (secondary N) is 2. The Bertz CT molecular complexity index is 548. The van der Waals surface area contributed by atoms with Crippen LogP contribution >= 0.6 is 0 Å². The number of carbonyl (C=O) groups excluding carboxylic acids is 2. The van der Waals surface area contributed by atoms with Crippen molar-refractivity contribution in [3.8, 4) is 11.5 Å². The Labute approximate surface area is 148 Å². The van der Waals surface area contributed by atoms with E-state index in [2.05, 4.69) is 12.2 Å². The van der Waals surface area contributed by atoms with E-state index in [4.69, 9.17) is 14.7 Å². The summed E-state index contributed by atoms with van der Waals surface area (Å²) < 4.78 is 10.5. The van der Waals surface area contributed by atoms with Crippen molar-refractivity contribution in [2.45, 2.75) is 52.0 Å². The molecule has 7 nitrogen and oxygen atoms in total. The number of hydrogen-bond acceptors (Lipinski definition) is 5. The summed E-state index contributed by atoms with van der Waals surface area (Å²) in [4.78, 5) is 22.8. The van der Waals surface area contributed by atoms with Crippen LogP contribution in [0.5, 0.6) is 11.5 Å². The number of unbranched alkanes of at least 4 members (excludes halogenated alkanes) is 4. The minimum Gasteiger partial charge on any atom is -0.493 e. The van der Waals surface area contributed by atoms with Gasteiger partial charge in [0.05, 0.1) is 7.11 Å². The molecule has 0 saturated heterocycles. The third kappa shape index (κ3) is 8.39. The number of methoxy groups -OCH3 is 1. The van der Waals surface area contributed by atoms with Crippen molar-refractivity contribution in [3.05, 3.63) is 23.8 Å². The zero-order chi connectivity index (χ0) is 18.5. The number of hydrogen-bond donors (Lipinski definition) is 3. The molecule has 0 aromatic heterocycles. The molecule has 0 aliphatic carbocycles. The SMILES string of the molecule is CCCCCCCC(=O)NCc1ccc(OCC(=O)NO)c(OC)c1. The van der Waals surface area contributed by atoms with E-state index in [-0.39, 0.29) is 12.5 Å². The lowest BCUT2D eigenvalue weighted by atomic mass is 10.1. The first-order valence-corrected chi connectivity index (χ1v) is 8.60. The maximum atomic E-state index is 11.8. The van der Waals surface area contributed by atoms with Crippen LogP contribution in [0.25, 0.3) is 0 Å². The Kier molecular flexibility index (Phi) is 10.1. The van der Waals surface area contributed by atoms with Crippen molar-refractivity contribution in [1.29, 1.82) is 0 Å². The molecule has 3 N–H and O–H groups in total. The monoisotopic (exact) mass is 352 g/mol. The van der Waals surface area contributed by atoms with Crippen molar-refractivity contribution in [2.24, 2.45) is 0 Å². The van der Waals surface area contributed by atoms with Gasteiger partial charge in [0.1, 0.15) is 0 Å². The van der Waals surface area contributed by atoms with E-state index in [0.717, 1.165) is 18.4 Å². The minimum atomic E-state index is -0.655. The number of ether oxygens (including phenoxy) is 2. The van der Waals surface area contributed by atoms with Gasteiger partial charge in [0, 0.05) is 13.0 Å². The molecule has 1 aromatic rings. The van der Waals surface area contributed by atoms with Gasteiger partial charge in [0.15, 0.2) is 18.1 Å². The molecule has 0 bridgehead atoms. The molecule has 0 aliphatic rings. The molecular formula is C18H28N2O5. The Morgan fingerprint density at radius 1 is 1.08 bits per heavy atom. The molecule has 25 heavy (non-hydrogen) atoms. The highest BCUT2D eigenvalue weighted by molar-refractivity contribution is 5.76. The summed E-state index contributed by atoms with van der Waals surface area (Å²) in [6.07, 6.45) is 6.13. The fourth-order valence-corrected chi connectivity index (χ4v) is 2.29. The van der Waals surface area contributed by atoms with E-state index >= 15 is 0 Å². The van der Waals surface area contributed by atoms with Crippen molar-refractivity contribution in [1.82, 2.24) is 10.8 Å². The second-order valence-electron chi connectivity index (χ2n) is 5.75. The Morgan fingerprint density at radius 3 is 2.52 bits per heavy atom. The lowest BCUT2D eigenvalue weighted by molar-refractivity contribution is -0.131. The lowest BCUT2D eigenvalue weighted by Gasteiger charge is -2.12. The molecule has 0 aliphatic heterocycles. The van der Waals surface area contributed by atoms with Crippen LogP contribution in [0.3, 0.4) is 0 Å². The molecule has 0 fully saturated rings. The predicted octanol–water partition coefficient (Wildman–Crippen LogP) is 2.56. The average Bonchev–Trinajstić information content (AvgIpc) is 2.64. The molecule has 1 rings (SSSR count). The summed E-state index contributed by atoms with van der Waals surface area (Å²) in [5.74, 6) is 0.224. The first-order chi connectivity index (χ1) is 12.1. The van der Waals surface area contributed by atoms with Gasteiger partial charge in [-0.2, -0.15) is 0 Å².